The summed E-state index contributed by atoms with van der Waals surface area (Å²) in [4.78, 5) is 3.92. The number of hydrogen-bond donors (Lipinski definition) is 0. The number of methoxy groups -OCH3 is 1. The lowest BCUT2D eigenvalue weighted by Gasteiger charge is -2.08. The minimum atomic E-state index is 0.259. The van der Waals surface area contributed by atoms with Crippen molar-refractivity contribution >= 4 is 0 Å². The monoisotopic (exact) mass is 140 g/mol. The highest BCUT2D eigenvalue weighted by atomic mass is 16.5. The van der Waals surface area contributed by atoms with Crippen molar-refractivity contribution in [1.82, 2.24) is 9.55 Å². The van der Waals surface area contributed by atoms with Crippen LogP contribution in [0.4, 0.5) is 0 Å². The maximum atomic E-state index is 5.07. The van der Waals surface area contributed by atoms with E-state index in [9.17, 15) is 0 Å². The SMILES string of the molecule is COC(C)Cn1ccnc1. The van der Waals surface area contributed by atoms with Crippen molar-refractivity contribution in [2.24, 2.45) is 0 Å². The van der Waals surface area contributed by atoms with Crippen molar-refractivity contribution in [3.05, 3.63) is 18.7 Å². The average Bonchev–Trinajstić information content (AvgIpc) is 2.40. The fourth-order valence-electron chi connectivity index (χ4n) is 0.766. The van der Waals surface area contributed by atoms with Gasteiger partial charge < -0.3 is 9.30 Å². The Morgan fingerprint density at radius 2 is 2.50 bits per heavy atom. The molecule has 1 unspecified atom stereocenters. The molecule has 0 aromatic carbocycles. The summed E-state index contributed by atoms with van der Waals surface area (Å²) in [6, 6.07) is 0. The Labute approximate surface area is 60.6 Å². The lowest BCUT2D eigenvalue weighted by Crippen LogP contribution is -2.12. The first-order chi connectivity index (χ1) is 4.83. The number of ether oxygens (including phenoxy) is 1. The fraction of sp³-hybridized carbons (Fsp3) is 0.571. The van der Waals surface area contributed by atoms with E-state index in [1.165, 1.54) is 0 Å². The second-order valence-corrected chi connectivity index (χ2v) is 2.31. The van der Waals surface area contributed by atoms with Gasteiger partial charge in [0.1, 0.15) is 0 Å². The first kappa shape index (κ1) is 7.28. The van der Waals surface area contributed by atoms with Crippen LogP contribution < -0.4 is 0 Å². The number of hydrogen-bond acceptors (Lipinski definition) is 2. The smallest absolute Gasteiger partial charge is 0.0946 e. The Balaban J connectivity index is 2.40. The molecule has 1 atom stereocenters. The average molecular weight is 140 g/mol. The molecule has 0 saturated heterocycles. The highest BCUT2D eigenvalue weighted by Gasteiger charge is 1.97. The topological polar surface area (TPSA) is 27.1 Å². The first-order valence-electron chi connectivity index (χ1n) is 3.31. The molecule has 0 bridgehead atoms. The third-order valence-electron chi connectivity index (χ3n) is 1.43. The van der Waals surface area contributed by atoms with E-state index in [0.717, 1.165) is 6.54 Å². The van der Waals surface area contributed by atoms with E-state index in [1.807, 2.05) is 17.7 Å². The predicted octanol–water partition coefficient (Wildman–Crippen LogP) is 0.918. The minimum absolute atomic E-state index is 0.259. The molecule has 0 aliphatic carbocycles. The molecule has 0 radical (unpaired) electrons. The van der Waals surface area contributed by atoms with Gasteiger partial charge in [-0.15, -0.1) is 0 Å². The Morgan fingerprint density at radius 1 is 1.70 bits per heavy atom. The van der Waals surface area contributed by atoms with Crippen LogP contribution in [0.5, 0.6) is 0 Å². The summed E-state index contributed by atoms with van der Waals surface area (Å²) in [6.07, 6.45) is 5.74. The van der Waals surface area contributed by atoms with Crippen LogP contribution in [0.2, 0.25) is 0 Å². The van der Waals surface area contributed by atoms with E-state index < -0.39 is 0 Å². The lowest BCUT2D eigenvalue weighted by molar-refractivity contribution is 0.103. The molecule has 0 spiro atoms. The molecule has 10 heavy (non-hydrogen) atoms. The van der Waals surface area contributed by atoms with Crippen LogP contribution in [0.15, 0.2) is 18.7 Å². The summed E-state index contributed by atoms with van der Waals surface area (Å²) >= 11 is 0. The molecule has 1 aromatic heterocycles. The van der Waals surface area contributed by atoms with Gasteiger partial charge in [0.05, 0.1) is 12.4 Å². The molecule has 0 amide bonds. The Hall–Kier alpha value is -0.830. The highest BCUT2D eigenvalue weighted by Crippen LogP contribution is 1.93. The molecule has 1 rings (SSSR count). The van der Waals surface area contributed by atoms with Crippen molar-refractivity contribution in [3.8, 4) is 0 Å². The Morgan fingerprint density at radius 3 is 3.00 bits per heavy atom. The van der Waals surface area contributed by atoms with Crippen molar-refractivity contribution in [3.63, 3.8) is 0 Å². The van der Waals surface area contributed by atoms with Gasteiger partial charge in [-0.1, -0.05) is 0 Å². The van der Waals surface area contributed by atoms with E-state index in [2.05, 4.69) is 4.98 Å². The summed E-state index contributed by atoms with van der Waals surface area (Å²) < 4.78 is 7.07. The van der Waals surface area contributed by atoms with Crippen LogP contribution in [0, 0.1) is 0 Å². The zero-order chi connectivity index (χ0) is 7.40. The second kappa shape index (κ2) is 3.37. The van der Waals surface area contributed by atoms with Crippen molar-refractivity contribution in [2.45, 2.75) is 19.6 Å². The van der Waals surface area contributed by atoms with Gasteiger partial charge in [0.25, 0.3) is 0 Å². The summed E-state index contributed by atoms with van der Waals surface area (Å²) in [5.41, 5.74) is 0. The van der Waals surface area contributed by atoms with E-state index >= 15 is 0 Å². The fourth-order valence-corrected chi connectivity index (χ4v) is 0.766. The molecule has 1 heterocycles. The molecule has 0 aliphatic rings. The van der Waals surface area contributed by atoms with E-state index in [4.69, 9.17) is 4.74 Å². The van der Waals surface area contributed by atoms with Gasteiger partial charge in [-0.2, -0.15) is 0 Å². The van der Waals surface area contributed by atoms with Gasteiger partial charge in [-0.25, -0.2) is 4.98 Å². The quantitative estimate of drug-likeness (QED) is 0.624. The Bertz CT molecular complexity index is 172. The van der Waals surface area contributed by atoms with Crippen LogP contribution in [-0.2, 0) is 11.3 Å². The van der Waals surface area contributed by atoms with Crippen molar-refractivity contribution < 1.29 is 4.74 Å². The maximum absolute atomic E-state index is 5.07. The lowest BCUT2D eigenvalue weighted by atomic mass is 10.4. The highest BCUT2D eigenvalue weighted by molar-refractivity contribution is 4.74. The van der Waals surface area contributed by atoms with Crippen molar-refractivity contribution in [2.75, 3.05) is 7.11 Å². The summed E-state index contributed by atoms with van der Waals surface area (Å²) in [7, 11) is 1.71. The molecule has 0 fully saturated rings. The summed E-state index contributed by atoms with van der Waals surface area (Å²) in [5, 5.41) is 0. The van der Waals surface area contributed by atoms with Gasteiger partial charge in [0.15, 0.2) is 0 Å². The molecule has 0 aliphatic heterocycles. The number of rotatable bonds is 3. The molecule has 0 N–H and O–H groups in total. The van der Waals surface area contributed by atoms with Gasteiger partial charge in [-0.05, 0) is 6.92 Å². The van der Waals surface area contributed by atoms with Gasteiger partial charge in [0.2, 0.25) is 0 Å². The van der Waals surface area contributed by atoms with E-state index in [-0.39, 0.29) is 6.10 Å². The van der Waals surface area contributed by atoms with Gasteiger partial charge in [0, 0.05) is 26.0 Å². The molecular weight excluding hydrogens is 128 g/mol. The standard InChI is InChI=1S/C7H12N2O/c1-7(10-2)5-9-4-3-8-6-9/h3-4,6-7H,5H2,1-2H3. The summed E-state index contributed by atoms with van der Waals surface area (Å²) in [6.45, 7) is 2.90. The predicted molar refractivity (Wildman–Crippen MR) is 38.7 cm³/mol. The van der Waals surface area contributed by atoms with Crippen LogP contribution in [0.1, 0.15) is 6.92 Å². The number of nitrogens with zero attached hydrogens (tertiary/aromatic N) is 2. The van der Waals surface area contributed by atoms with E-state index in [0.29, 0.717) is 0 Å². The van der Waals surface area contributed by atoms with Gasteiger partial charge >= 0.3 is 0 Å². The maximum Gasteiger partial charge on any atom is 0.0946 e. The van der Waals surface area contributed by atoms with Crippen LogP contribution in [0.25, 0.3) is 0 Å². The molecule has 1 aromatic rings. The summed E-state index contributed by atoms with van der Waals surface area (Å²) in [5.74, 6) is 0. The minimum Gasteiger partial charge on any atom is -0.380 e. The van der Waals surface area contributed by atoms with Crippen LogP contribution in [-0.4, -0.2) is 22.8 Å². The van der Waals surface area contributed by atoms with Crippen LogP contribution in [0.3, 0.4) is 0 Å². The molecular formula is C7H12N2O. The second-order valence-electron chi connectivity index (χ2n) is 2.31. The van der Waals surface area contributed by atoms with Gasteiger partial charge in [-0.3, -0.25) is 0 Å². The van der Waals surface area contributed by atoms with Crippen LogP contribution >= 0.6 is 0 Å². The third-order valence-corrected chi connectivity index (χ3v) is 1.43. The zero-order valence-corrected chi connectivity index (χ0v) is 6.32. The number of aromatic nitrogens is 2. The first-order valence-corrected chi connectivity index (χ1v) is 3.31. The van der Waals surface area contributed by atoms with Crippen molar-refractivity contribution in [1.29, 1.82) is 0 Å². The van der Waals surface area contributed by atoms with E-state index in [1.54, 1.807) is 19.6 Å². The molecule has 3 heteroatoms. The molecule has 56 valence electrons. The zero-order valence-electron chi connectivity index (χ0n) is 6.32. The molecule has 0 saturated carbocycles. The third kappa shape index (κ3) is 1.84. The number of imidazole rings is 1. The Kier molecular flexibility index (Phi) is 2.45. The largest absolute Gasteiger partial charge is 0.380 e. The normalized spacial score (nSPS) is 13.4. The molecule has 3 nitrogen and oxygen atoms in total.